The van der Waals surface area contributed by atoms with Crippen LogP contribution < -0.4 is 4.74 Å². The summed E-state index contributed by atoms with van der Waals surface area (Å²) in [6.45, 7) is 5.60. The van der Waals surface area contributed by atoms with Crippen molar-refractivity contribution in [2.24, 2.45) is 0 Å². The molecule has 16 heavy (non-hydrogen) atoms. The average Bonchev–Trinajstić information content (AvgIpc) is 2.16. The fourth-order valence-corrected chi connectivity index (χ4v) is 1.12. The van der Waals surface area contributed by atoms with Crippen LogP contribution >= 0.6 is 0 Å². The first-order valence-corrected chi connectivity index (χ1v) is 4.87. The van der Waals surface area contributed by atoms with Gasteiger partial charge in [0.1, 0.15) is 16.9 Å². The molecule has 1 aromatic rings. The second-order valence-corrected chi connectivity index (χ2v) is 4.21. The number of carbonyl (C=O) groups is 2. The van der Waals surface area contributed by atoms with Gasteiger partial charge in [-0.05, 0) is 32.9 Å². The van der Waals surface area contributed by atoms with Crippen LogP contribution in [-0.2, 0) is 9.53 Å². The van der Waals surface area contributed by atoms with Crippen LogP contribution in [0.25, 0.3) is 0 Å². The largest absolute Gasteiger partial charge is 0.456 e. The Bertz CT molecular complexity index is 390. The second kappa shape index (κ2) is 4.79. The Kier molecular flexibility index (Phi) is 3.66. The van der Waals surface area contributed by atoms with E-state index in [0.29, 0.717) is 0 Å². The third-order valence-corrected chi connectivity index (χ3v) is 1.68. The predicted molar refractivity (Wildman–Crippen MR) is 58.3 cm³/mol. The maximum Gasteiger partial charge on any atom is 0.342 e. The summed E-state index contributed by atoms with van der Waals surface area (Å²) >= 11 is 0. The van der Waals surface area contributed by atoms with Gasteiger partial charge in [0.15, 0.2) is 0 Å². The lowest BCUT2D eigenvalue weighted by Gasteiger charge is -2.19. The van der Waals surface area contributed by atoms with E-state index in [-0.39, 0.29) is 17.8 Å². The molecule has 0 spiro atoms. The van der Waals surface area contributed by atoms with Gasteiger partial charge in [0.25, 0.3) is 6.47 Å². The summed E-state index contributed by atoms with van der Waals surface area (Å²) in [5.41, 5.74) is -0.338. The van der Waals surface area contributed by atoms with Crippen molar-refractivity contribution in [3.63, 3.8) is 0 Å². The normalized spacial score (nSPS) is 10.7. The quantitative estimate of drug-likeness (QED) is 0.581. The molecule has 0 N–H and O–H groups in total. The molecular formula is C12H14O4. The minimum absolute atomic E-state index is 0.201. The standard InChI is InChI=1S/C12H14O4/c1-12(2,3)16-11(14)9-6-4-5-7-10(9)15-8-13/h4-8H,1-3H3. The highest BCUT2D eigenvalue weighted by Crippen LogP contribution is 2.20. The fraction of sp³-hybridized carbons (Fsp3) is 0.333. The van der Waals surface area contributed by atoms with Crippen molar-refractivity contribution in [1.29, 1.82) is 0 Å². The van der Waals surface area contributed by atoms with Crippen LogP contribution in [0.4, 0.5) is 0 Å². The second-order valence-electron chi connectivity index (χ2n) is 4.21. The molecule has 0 atom stereocenters. The minimum atomic E-state index is -0.578. The van der Waals surface area contributed by atoms with E-state index in [0.717, 1.165) is 0 Å². The van der Waals surface area contributed by atoms with E-state index >= 15 is 0 Å². The van der Waals surface area contributed by atoms with E-state index in [2.05, 4.69) is 0 Å². The zero-order valence-corrected chi connectivity index (χ0v) is 9.52. The summed E-state index contributed by atoms with van der Waals surface area (Å²) in [7, 11) is 0. The van der Waals surface area contributed by atoms with Gasteiger partial charge in [0.05, 0.1) is 0 Å². The van der Waals surface area contributed by atoms with Gasteiger partial charge in [-0.2, -0.15) is 0 Å². The number of para-hydroxylation sites is 1. The topological polar surface area (TPSA) is 52.6 Å². The SMILES string of the molecule is CC(C)(C)OC(=O)c1ccccc1OC=O. The number of hydrogen-bond donors (Lipinski definition) is 0. The number of rotatable bonds is 3. The number of benzene rings is 1. The minimum Gasteiger partial charge on any atom is -0.456 e. The molecule has 0 heterocycles. The molecular weight excluding hydrogens is 208 g/mol. The highest BCUT2D eigenvalue weighted by molar-refractivity contribution is 5.93. The van der Waals surface area contributed by atoms with Crippen LogP contribution in [-0.4, -0.2) is 18.0 Å². The molecule has 86 valence electrons. The molecule has 4 nitrogen and oxygen atoms in total. The van der Waals surface area contributed by atoms with Gasteiger partial charge in [-0.3, -0.25) is 4.79 Å². The lowest BCUT2D eigenvalue weighted by Crippen LogP contribution is -2.24. The van der Waals surface area contributed by atoms with E-state index in [1.165, 1.54) is 6.07 Å². The summed E-state index contributed by atoms with van der Waals surface area (Å²) < 4.78 is 9.87. The van der Waals surface area contributed by atoms with E-state index in [9.17, 15) is 9.59 Å². The maximum absolute atomic E-state index is 11.7. The van der Waals surface area contributed by atoms with Crippen LogP contribution in [0.15, 0.2) is 24.3 Å². The fourth-order valence-electron chi connectivity index (χ4n) is 1.12. The molecule has 0 amide bonds. The molecule has 0 radical (unpaired) electrons. The molecule has 0 aliphatic rings. The van der Waals surface area contributed by atoms with Gasteiger partial charge < -0.3 is 9.47 Å². The third kappa shape index (κ3) is 3.38. The van der Waals surface area contributed by atoms with Gasteiger partial charge >= 0.3 is 5.97 Å². The third-order valence-electron chi connectivity index (χ3n) is 1.68. The molecule has 0 bridgehead atoms. The van der Waals surface area contributed by atoms with Gasteiger partial charge in [-0.25, -0.2) is 4.79 Å². The number of esters is 1. The zero-order valence-electron chi connectivity index (χ0n) is 9.52. The van der Waals surface area contributed by atoms with E-state index in [1.54, 1.807) is 39.0 Å². The highest BCUT2D eigenvalue weighted by atomic mass is 16.6. The van der Waals surface area contributed by atoms with Crippen molar-refractivity contribution >= 4 is 12.4 Å². The Balaban J connectivity index is 2.94. The zero-order chi connectivity index (χ0) is 12.2. The number of ether oxygens (including phenoxy) is 2. The molecule has 0 saturated carbocycles. The van der Waals surface area contributed by atoms with Crippen LogP contribution in [0, 0.1) is 0 Å². The van der Waals surface area contributed by atoms with Crippen LogP contribution in [0.1, 0.15) is 31.1 Å². The van der Waals surface area contributed by atoms with Crippen molar-refractivity contribution in [2.45, 2.75) is 26.4 Å². The van der Waals surface area contributed by atoms with E-state index < -0.39 is 11.6 Å². The van der Waals surface area contributed by atoms with Crippen LogP contribution in [0.3, 0.4) is 0 Å². The monoisotopic (exact) mass is 222 g/mol. The van der Waals surface area contributed by atoms with Gasteiger partial charge in [0, 0.05) is 0 Å². The Morgan fingerprint density at radius 1 is 1.25 bits per heavy atom. The summed E-state index contributed by atoms with van der Waals surface area (Å²) in [6, 6.07) is 6.43. The Labute approximate surface area is 94.2 Å². The molecule has 0 aliphatic heterocycles. The van der Waals surface area contributed by atoms with Gasteiger partial charge in [0.2, 0.25) is 0 Å². The van der Waals surface area contributed by atoms with E-state index in [4.69, 9.17) is 9.47 Å². The highest BCUT2D eigenvalue weighted by Gasteiger charge is 2.20. The Morgan fingerprint density at radius 2 is 1.88 bits per heavy atom. The molecule has 4 heteroatoms. The first kappa shape index (κ1) is 12.2. The summed E-state index contributed by atoms with van der Waals surface area (Å²) in [5, 5.41) is 0. The van der Waals surface area contributed by atoms with Crippen molar-refractivity contribution in [3.8, 4) is 5.75 Å². The Hall–Kier alpha value is -1.84. The van der Waals surface area contributed by atoms with Crippen molar-refractivity contribution in [3.05, 3.63) is 29.8 Å². The van der Waals surface area contributed by atoms with E-state index in [1.807, 2.05) is 0 Å². The molecule has 0 aliphatic carbocycles. The Morgan fingerprint density at radius 3 is 2.44 bits per heavy atom. The van der Waals surface area contributed by atoms with Gasteiger partial charge in [-0.15, -0.1) is 0 Å². The summed E-state index contributed by atoms with van der Waals surface area (Å²) in [4.78, 5) is 22.0. The molecule has 1 rings (SSSR count). The molecule has 0 unspecified atom stereocenters. The summed E-state index contributed by atoms with van der Waals surface area (Å²) in [5.74, 6) is -0.309. The first-order valence-electron chi connectivity index (χ1n) is 4.87. The van der Waals surface area contributed by atoms with Crippen LogP contribution in [0.5, 0.6) is 5.75 Å². The maximum atomic E-state index is 11.7. The van der Waals surface area contributed by atoms with Crippen molar-refractivity contribution in [2.75, 3.05) is 0 Å². The molecule has 0 fully saturated rings. The lowest BCUT2D eigenvalue weighted by atomic mass is 10.1. The number of hydrogen-bond acceptors (Lipinski definition) is 4. The van der Waals surface area contributed by atoms with Crippen LogP contribution in [0.2, 0.25) is 0 Å². The van der Waals surface area contributed by atoms with Crippen molar-refractivity contribution < 1.29 is 19.1 Å². The predicted octanol–water partition coefficient (Wildman–Crippen LogP) is 2.18. The average molecular weight is 222 g/mol. The molecule has 0 saturated heterocycles. The van der Waals surface area contributed by atoms with Gasteiger partial charge in [-0.1, -0.05) is 12.1 Å². The smallest absolute Gasteiger partial charge is 0.342 e. The van der Waals surface area contributed by atoms with Crippen molar-refractivity contribution in [1.82, 2.24) is 0 Å². The molecule has 0 aromatic heterocycles. The molecule has 1 aromatic carbocycles. The lowest BCUT2D eigenvalue weighted by molar-refractivity contribution is -0.120. The summed E-state index contributed by atoms with van der Waals surface area (Å²) in [6.07, 6.45) is 0. The number of carbonyl (C=O) groups excluding carboxylic acids is 2. The first-order chi connectivity index (χ1) is 7.44.